The highest BCUT2D eigenvalue weighted by atomic mass is 79.9. The average Bonchev–Trinajstić information content (AvgIpc) is 2.69. The Morgan fingerprint density at radius 1 is 1.59 bits per heavy atom. The van der Waals surface area contributed by atoms with Gasteiger partial charge in [-0.15, -0.1) is 11.3 Å². The number of carbonyl (C=O) groups is 1. The molecule has 0 aliphatic rings. The van der Waals surface area contributed by atoms with E-state index in [9.17, 15) is 4.79 Å². The smallest absolute Gasteiger partial charge is 0.225 e. The van der Waals surface area contributed by atoms with Gasteiger partial charge in [-0.1, -0.05) is 19.8 Å². The fourth-order valence-corrected chi connectivity index (χ4v) is 3.06. The van der Waals surface area contributed by atoms with Gasteiger partial charge >= 0.3 is 0 Å². The second kappa shape index (κ2) is 7.84. The Morgan fingerprint density at radius 2 is 2.35 bits per heavy atom. The SMILES string of the molecule is CCCCC(CN)NC(=O)Cc1ccc(Br)s1. The molecule has 3 nitrogen and oxygen atoms in total. The Labute approximate surface area is 115 Å². The van der Waals surface area contributed by atoms with Gasteiger partial charge in [0.1, 0.15) is 0 Å². The number of halogens is 1. The predicted molar refractivity (Wildman–Crippen MR) is 76.2 cm³/mol. The van der Waals surface area contributed by atoms with Crippen LogP contribution in [0, 0.1) is 0 Å². The van der Waals surface area contributed by atoms with E-state index < -0.39 is 0 Å². The fraction of sp³-hybridized carbons (Fsp3) is 0.583. The molecule has 1 heterocycles. The minimum Gasteiger partial charge on any atom is -0.352 e. The van der Waals surface area contributed by atoms with E-state index in [-0.39, 0.29) is 11.9 Å². The summed E-state index contributed by atoms with van der Waals surface area (Å²) in [7, 11) is 0. The van der Waals surface area contributed by atoms with E-state index in [0.29, 0.717) is 13.0 Å². The highest BCUT2D eigenvalue weighted by Gasteiger charge is 2.11. The molecule has 0 bridgehead atoms. The summed E-state index contributed by atoms with van der Waals surface area (Å²) in [6, 6.07) is 4.05. The van der Waals surface area contributed by atoms with Gasteiger partial charge < -0.3 is 11.1 Å². The maximum Gasteiger partial charge on any atom is 0.225 e. The number of hydrogen-bond acceptors (Lipinski definition) is 3. The Hall–Kier alpha value is -0.390. The fourth-order valence-electron chi connectivity index (χ4n) is 1.58. The lowest BCUT2D eigenvalue weighted by Gasteiger charge is -2.16. The minimum absolute atomic E-state index is 0.0610. The first-order chi connectivity index (χ1) is 8.15. The molecule has 0 aliphatic heterocycles. The van der Waals surface area contributed by atoms with Crippen LogP contribution in [-0.2, 0) is 11.2 Å². The van der Waals surface area contributed by atoms with E-state index in [1.54, 1.807) is 11.3 Å². The van der Waals surface area contributed by atoms with Crippen LogP contribution in [0.3, 0.4) is 0 Å². The molecule has 96 valence electrons. The van der Waals surface area contributed by atoms with Crippen LogP contribution in [0.1, 0.15) is 31.1 Å². The molecule has 0 aromatic carbocycles. The number of rotatable bonds is 7. The average molecular weight is 319 g/mol. The van der Waals surface area contributed by atoms with Crippen LogP contribution in [0.4, 0.5) is 0 Å². The van der Waals surface area contributed by atoms with Gasteiger partial charge in [0.05, 0.1) is 10.2 Å². The number of thiophene rings is 1. The van der Waals surface area contributed by atoms with Gasteiger partial charge in [0.15, 0.2) is 0 Å². The Balaban J connectivity index is 2.37. The van der Waals surface area contributed by atoms with Gasteiger partial charge in [-0.25, -0.2) is 0 Å². The summed E-state index contributed by atoms with van der Waals surface area (Å²) in [5.74, 6) is 0.0610. The highest BCUT2D eigenvalue weighted by molar-refractivity contribution is 9.11. The van der Waals surface area contributed by atoms with Crippen LogP contribution in [0.2, 0.25) is 0 Å². The van der Waals surface area contributed by atoms with E-state index in [1.807, 2.05) is 12.1 Å². The lowest BCUT2D eigenvalue weighted by atomic mass is 10.1. The van der Waals surface area contributed by atoms with E-state index in [4.69, 9.17) is 5.73 Å². The van der Waals surface area contributed by atoms with Crippen molar-refractivity contribution in [2.75, 3.05) is 6.54 Å². The maximum atomic E-state index is 11.8. The summed E-state index contributed by atoms with van der Waals surface area (Å²) in [6.45, 7) is 2.65. The molecule has 1 aromatic heterocycles. The van der Waals surface area contributed by atoms with Gasteiger partial charge in [0, 0.05) is 17.5 Å². The van der Waals surface area contributed by atoms with Gasteiger partial charge in [-0.05, 0) is 34.5 Å². The lowest BCUT2D eigenvalue weighted by Crippen LogP contribution is -2.40. The van der Waals surface area contributed by atoms with Crippen LogP contribution >= 0.6 is 27.3 Å². The van der Waals surface area contributed by atoms with Crippen LogP contribution in [-0.4, -0.2) is 18.5 Å². The minimum atomic E-state index is 0.0610. The summed E-state index contributed by atoms with van der Waals surface area (Å²) in [4.78, 5) is 12.8. The van der Waals surface area contributed by atoms with Crippen LogP contribution in [0.15, 0.2) is 15.9 Å². The van der Waals surface area contributed by atoms with Crippen molar-refractivity contribution in [3.05, 3.63) is 20.8 Å². The molecule has 0 saturated carbocycles. The van der Waals surface area contributed by atoms with E-state index in [0.717, 1.165) is 27.9 Å². The third kappa shape index (κ3) is 5.66. The molecule has 5 heteroatoms. The molecule has 1 aromatic rings. The zero-order valence-corrected chi connectivity index (χ0v) is 12.4. The summed E-state index contributed by atoms with van der Waals surface area (Å²) in [5.41, 5.74) is 5.64. The van der Waals surface area contributed by atoms with E-state index in [1.165, 1.54) is 0 Å². The molecule has 1 amide bonds. The van der Waals surface area contributed by atoms with E-state index >= 15 is 0 Å². The largest absolute Gasteiger partial charge is 0.352 e. The highest BCUT2D eigenvalue weighted by Crippen LogP contribution is 2.22. The van der Waals surface area contributed by atoms with Crippen LogP contribution in [0.25, 0.3) is 0 Å². The quantitative estimate of drug-likeness (QED) is 0.812. The summed E-state index contributed by atoms with van der Waals surface area (Å²) in [6.07, 6.45) is 3.64. The van der Waals surface area contributed by atoms with Crippen molar-refractivity contribution >= 4 is 33.2 Å². The number of hydrogen-bond donors (Lipinski definition) is 2. The molecule has 0 saturated heterocycles. The molecule has 3 N–H and O–H groups in total. The van der Waals surface area contributed by atoms with Crippen molar-refractivity contribution in [1.29, 1.82) is 0 Å². The molecule has 1 rings (SSSR count). The molecule has 0 spiro atoms. The van der Waals surface area contributed by atoms with Crippen molar-refractivity contribution in [3.8, 4) is 0 Å². The number of nitrogens with one attached hydrogen (secondary N) is 1. The predicted octanol–water partition coefficient (Wildman–Crippen LogP) is 2.69. The number of amides is 1. The van der Waals surface area contributed by atoms with Crippen molar-refractivity contribution in [2.24, 2.45) is 5.73 Å². The molecule has 0 radical (unpaired) electrons. The Morgan fingerprint density at radius 3 is 2.88 bits per heavy atom. The molecule has 1 atom stereocenters. The monoisotopic (exact) mass is 318 g/mol. The third-order valence-corrected chi connectivity index (χ3v) is 4.14. The topological polar surface area (TPSA) is 55.1 Å². The molecule has 17 heavy (non-hydrogen) atoms. The maximum absolute atomic E-state index is 11.8. The van der Waals surface area contributed by atoms with Gasteiger partial charge in [-0.3, -0.25) is 4.79 Å². The van der Waals surface area contributed by atoms with Crippen molar-refractivity contribution in [3.63, 3.8) is 0 Å². The number of unbranched alkanes of at least 4 members (excludes halogenated alkanes) is 1. The first-order valence-electron chi connectivity index (χ1n) is 5.89. The van der Waals surface area contributed by atoms with Crippen molar-refractivity contribution in [1.82, 2.24) is 5.32 Å². The van der Waals surface area contributed by atoms with E-state index in [2.05, 4.69) is 28.2 Å². The molecule has 0 fully saturated rings. The number of nitrogens with two attached hydrogens (primary N) is 1. The summed E-state index contributed by atoms with van der Waals surface area (Å²) in [5, 5.41) is 2.99. The summed E-state index contributed by atoms with van der Waals surface area (Å²) >= 11 is 4.98. The Kier molecular flexibility index (Phi) is 6.77. The standard InChI is InChI=1S/C12H19BrN2OS/c1-2-3-4-9(8-14)15-12(16)7-10-5-6-11(13)17-10/h5-6,9H,2-4,7-8,14H2,1H3,(H,15,16). The first-order valence-corrected chi connectivity index (χ1v) is 7.50. The summed E-state index contributed by atoms with van der Waals surface area (Å²) < 4.78 is 1.06. The zero-order chi connectivity index (χ0) is 12.7. The van der Waals surface area contributed by atoms with Gasteiger partial charge in [0.25, 0.3) is 0 Å². The van der Waals surface area contributed by atoms with Crippen molar-refractivity contribution in [2.45, 2.75) is 38.6 Å². The molecular formula is C12H19BrN2OS. The third-order valence-electron chi connectivity index (χ3n) is 2.52. The lowest BCUT2D eigenvalue weighted by molar-refractivity contribution is -0.121. The Bertz CT molecular complexity index is 354. The zero-order valence-electron chi connectivity index (χ0n) is 10.0. The second-order valence-electron chi connectivity index (χ2n) is 4.02. The van der Waals surface area contributed by atoms with Gasteiger partial charge in [-0.2, -0.15) is 0 Å². The number of carbonyl (C=O) groups excluding carboxylic acids is 1. The van der Waals surface area contributed by atoms with Crippen LogP contribution in [0.5, 0.6) is 0 Å². The molecule has 0 aliphatic carbocycles. The second-order valence-corrected chi connectivity index (χ2v) is 6.57. The normalized spacial score (nSPS) is 12.4. The molecule has 1 unspecified atom stereocenters. The molecular weight excluding hydrogens is 300 g/mol. The van der Waals surface area contributed by atoms with Crippen molar-refractivity contribution < 1.29 is 4.79 Å². The first kappa shape index (κ1) is 14.7. The van der Waals surface area contributed by atoms with Crippen LogP contribution < -0.4 is 11.1 Å². The van der Waals surface area contributed by atoms with Gasteiger partial charge in [0.2, 0.25) is 5.91 Å².